The SMILES string of the molecule is O=S(=O)(Cc1ccc(F)c(Cl)c1)NCC(O)C1CCCC1. The molecule has 0 radical (unpaired) electrons. The highest BCUT2D eigenvalue weighted by molar-refractivity contribution is 7.88. The number of rotatable bonds is 6. The molecule has 0 bridgehead atoms. The van der Waals surface area contributed by atoms with E-state index in [1.807, 2.05) is 0 Å². The Labute approximate surface area is 129 Å². The van der Waals surface area contributed by atoms with E-state index in [2.05, 4.69) is 4.72 Å². The first kappa shape index (κ1) is 16.7. The fourth-order valence-corrected chi connectivity index (χ4v) is 3.97. The molecule has 0 spiro atoms. The normalized spacial score (nSPS) is 18.0. The Morgan fingerprint density at radius 3 is 2.67 bits per heavy atom. The zero-order valence-corrected chi connectivity index (χ0v) is 13.1. The van der Waals surface area contributed by atoms with Gasteiger partial charge in [0.1, 0.15) is 5.82 Å². The molecule has 2 rings (SSSR count). The van der Waals surface area contributed by atoms with E-state index >= 15 is 0 Å². The molecular formula is C14H19ClFNO3S. The van der Waals surface area contributed by atoms with Crippen LogP contribution in [0.1, 0.15) is 31.2 Å². The lowest BCUT2D eigenvalue weighted by molar-refractivity contribution is 0.115. The average molecular weight is 336 g/mol. The molecule has 1 aliphatic carbocycles. The highest BCUT2D eigenvalue weighted by Crippen LogP contribution is 2.27. The Morgan fingerprint density at radius 2 is 2.05 bits per heavy atom. The van der Waals surface area contributed by atoms with Crippen molar-refractivity contribution >= 4 is 21.6 Å². The van der Waals surface area contributed by atoms with E-state index in [9.17, 15) is 17.9 Å². The molecule has 1 saturated carbocycles. The molecule has 118 valence electrons. The number of aliphatic hydroxyl groups excluding tert-OH is 1. The first-order chi connectivity index (χ1) is 9.87. The molecule has 1 fully saturated rings. The molecule has 1 aromatic rings. The molecule has 4 nitrogen and oxygen atoms in total. The summed E-state index contributed by atoms with van der Waals surface area (Å²) in [5.41, 5.74) is 0.407. The second-order valence-corrected chi connectivity index (χ2v) is 7.68. The van der Waals surface area contributed by atoms with Crippen LogP contribution in [0.25, 0.3) is 0 Å². The Hall–Kier alpha value is -0.690. The molecule has 1 unspecified atom stereocenters. The summed E-state index contributed by atoms with van der Waals surface area (Å²) in [5, 5.41) is 9.86. The molecule has 0 aromatic heterocycles. The molecule has 7 heteroatoms. The minimum atomic E-state index is -3.58. The Kier molecular flexibility index (Phi) is 5.60. The fraction of sp³-hybridized carbons (Fsp3) is 0.571. The second-order valence-electron chi connectivity index (χ2n) is 5.47. The molecule has 0 aliphatic heterocycles. The van der Waals surface area contributed by atoms with Crippen molar-refractivity contribution in [3.63, 3.8) is 0 Å². The molecule has 0 saturated heterocycles. The summed E-state index contributed by atoms with van der Waals surface area (Å²) >= 11 is 5.63. The molecule has 1 aliphatic rings. The van der Waals surface area contributed by atoms with Crippen LogP contribution < -0.4 is 4.72 Å². The topological polar surface area (TPSA) is 66.4 Å². The maximum atomic E-state index is 13.0. The van der Waals surface area contributed by atoms with Crippen LogP contribution in [0.4, 0.5) is 4.39 Å². The number of sulfonamides is 1. The number of benzene rings is 1. The maximum absolute atomic E-state index is 13.0. The van der Waals surface area contributed by atoms with Gasteiger partial charge in [-0.3, -0.25) is 0 Å². The third kappa shape index (κ3) is 4.92. The van der Waals surface area contributed by atoms with E-state index in [0.717, 1.165) is 31.7 Å². The van der Waals surface area contributed by atoms with Crippen molar-refractivity contribution in [3.05, 3.63) is 34.6 Å². The molecule has 0 heterocycles. The lowest BCUT2D eigenvalue weighted by atomic mass is 10.0. The zero-order chi connectivity index (χ0) is 15.5. The minimum Gasteiger partial charge on any atom is -0.391 e. The summed E-state index contributed by atoms with van der Waals surface area (Å²) < 4.78 is 39.3. The van der Waals surface area contributed by atoms with Gasteiger partial charge in [-0.1, -0.05) is 30.5 Å². The standard InChI is InChI=1S/C14H19ClFNO3S/c15-12-7-10(5-6-13(12)16)9-21(19,20)17-8-14(18)11-3-1-2-4-11/h5-7,11,14,17-18H,1-4,8-9H2. The summed E-state index contributed by atoms with van der Waals surface area (Å²) in [7, 11) is -3.58. The number of hydrogen-bond acceptors (Lipinski definition) is 3. The van der Waals surface area contributed by atoms with Gasteiger partial charge in [0, 0.05) is 6.54 Å². The average Bonchev–Trinajstić information content (AvgIpc) is 2.94. The van der Waals surface area contributed by atoms with Crippen molar-refractivity contribution in [1.82, 2.24) is 4.72 Å². The summed E-state index contributed by atoms with van der Waals surface area (Å²) in [6.45, 7) is 0.0158. The van der Waals surface area contributed by atoms with Crippen molar-refractivity contribution in [2.45, 2.75) is 37.5 Å². The van der Waals surface area contributed by atoms with Crippen molar-refractivity contribution in [1.29, 1.82) is 0 Å². The molecule has 21 heavy (non-hydrogen) atoms. The predicted octanol–water partition coefficient (Wildman–Crippen LogP) is 2.45. The Morgan fingerprint density at radius 1 is 1.38 bits per heavy atom. The van der Waals surface area contributed by atoms with Crippen molar-refractivity contribution in [2.24, 2.45) is 5.92 Å². The van der Waals surface area contributed by atoms with E-state index in [4.69, 9.17) is 11.6 Å². The molecular weight excluding hydrogens is 317 g/mol. The number of aliphatic hydroxyl groups is 1. The fourth-order valence-electron chi connectivity index (χ4n) is 2.62. The van der Waals surface area contributed by atoms with Crippen LogP contribution in [-0.4, -0.2) is 26.2 Å². The van der Waals surface area contributed by atoms with E-state index in [-0.39, 0.29) is 23.2 Å². The number of hydrogen-bond donors (Lipinski definition) is 2. The van der Waals surface area contributed by atoms with Gasteiger partial charge in [0.05, 0.1) is 16.9 Å². The van der Waals surface area contributed by atoms with Gasteiger partial charge in [-0.2, -0.15) is 0 Å². The number of halogens is 2. The third-order valence-electron chi connectivity index (χ3n) is 3.80. The van der Waals surface area contributed by atoms with Crippen LogP contribution >= 0.6 is 11.6 Å². The smallest absolute Gasteiger partial charge is 0.215 e. The first-order valence-electron chi connectivity index (χ1n) is 6.97. The largest absolute Gasteiger partial charge is 0.391 e. The van der Waals surface area contributed by atoms with Crippen LogP contribution in [0.3, 0.4) is 0 Å². The number of nitrogens with one attached hydrogen (secondary N) is 1. The highest BCUT2D eigenvalue weighted by atomic mass is 35.5. The van der Waals surface area contributed by atoms with Gasteiger partial charge in [-0.05, 0) is 36.5 Å². The van der Waals surface area contributed by atoms with Gasteiger partial charge >= 0.3 is 0 Å². The van der Waals surface area contributed by atoms with Crippen LogP contribution in [0.5, 0.6) is 0 Å². The lowest BCUT2D eigenvalue weighted by Crippen LogP contribution is -2.36. The van der Waals surface area contributed by atoms with Gasteiger partial charge in [-0.25, -0.2) is 17.5 Å². The van der Waals surface area contributed by atoms with Gasteiger partial charge < -0.3 is 5.11 Å². The van der Waals surface area contributed by atoms with E-state index in [0.29, 0.717) is 5.56 Å². The minimum absolute atomic E-state index is 0.0158. The van der Waals surface area contributed by atoms with Gasteiger partial charge in [0.15, 0.2) is 0 Å². The van der Waals surface area contributed by atoms with Crippen LogP contribution in [0.15, 0.2) is 18.2 Å². The first-order valence-corrected chi connectivity index (χ1v) is 9.00. The molecule has 1 atom stereocenters. The molecule has 2 N–H and O–H groups in total. The summed E-state index contributed by atoms with van der Waals surface area (Å²) in [5.74, 6) is -0.694. The van der Waals surface area contributed by atoms with Crippen molar-refractivity contribution in [2.75, 3.05) is 6.54 Å². The second kappa shape index (κ2) is 7.05. The van der Waals surface area contributed by atoms with Crippen molar-refractivity contribution < 1.29 is 17.9 Å². The Bertz CT molecular complexity index is 588. The monoisotopic (exact) mass is 335 g/mol. The van der Waals surface area contributed by atoms with Crippen molar-refractivity contribution in [3.8, 4) is 0 Å². The summed E-state index contributed by atoms with van der Waals surface area (Å²) in [6.07, 6.45) is 3.40. The van der Waals surface area contributed by atoms with E-state index in [1.165, 1.54) is 12.1 Å². The van der Waals surface area contributed by atoms with Gasteiger partial charge in [0.2, 0.25) is 10.0 Å². The van der Waals surface area contributed by atoms with Crippen LogP contribution in [-0.2, 0) is 15.8 Å². The zero-order valence-electron chi connectivity index (χ0n) is 11.6. The predicted molar refractivity (Wildman–Crippen MR) is 80.0 cm³/mol. The maximum Gasteiger partial charge on any atom is 0.215 e. The van der Waals surface area contributed by atoms with Crippen LogP contribution in [0, 0.1) is 11.7 Å². The van der Waals surface area contributed by atoms with E-state index < -0.39 is 21.9 Å². The quantitative estimate of drug-likeness (QED) is 0.839. The van der Waals surface area contributed by atoms with Gasteiger partial charge in [0.25, 0.3) is 0 Å². The summed E-state index contributed by atoms with van der Waals surface area (Å²) in [6, 6.07) is 3.82. The molecule has 0 amide bonds. The molecule has 1 aromatic carbocycles. The van der Waals surface area contributed by atoms with Gasteiger partial charge in [-0.15, -0.1) is 0 Å². The third-order valence-corrected chi connectivity index (χ3v) is 5.41. The summed E-state index contributed by atoms with van der Waals surface area (Å²) in [4.78, 5) is 0. The Balaban J connectivity index is 1.90. The highest BCUT2D eigenvalue weighted by Gasteiger charge is 2.24. The lowest BCUT2D eigenvalue weighted by Gasteiger charge is -2.18. The van der Waals surface area contributed by atoms with E-state index in [1.54, 1.807) is 0 Å². The van der Waals surface area contributed by atoms with Crippen LogP contribution in [0.2, 0.25) is 5.02 Å².